The molecule has 0 aliphatic carbocycles. The van der Waals surface area contributed by atoms with Gasteiger partial charge in [0.25, 0.3) is 0 Å². The van der Waals surface area contributed by atoms with E-state index in [1.807, 2.05) is 48.5 Å². The number of benzene rings is 3. The summed E-state index contributed by atoms with van der Waals surface area (Å²) in [6, 6.07) is 26.2. The minimum absolute atomic E-state index is 0.440. The van der Waals surface area contributed by atoms with Crippen LogP contribution in [-0.4, -0.2) is 32.7 Å². The van der Waals surface area contributed by atoms with E-state index in [-0.39, 0.29) is 0 Å². The first-order valence-electron chi connectivity index (χ1n) is 10.2. The summed E-state index contributed by atoms with van der Waals surface area (Å²) in [5.41, 5.74) is 5.86. The molecule has 158 valence electrons. The predicted molar refractivity (Wildman–Crippen MR) is 122 cm³/mol. The van der Waals surface area contributed by atoms with E-state index in [1.165, 1.54) is 0 Å². The Hall–Kier alpha value is -4.10. The van der Waals surface area contributed by atoms with Gasteiger partial charge >= 0.3 is 0 Å². The molecule has 0 aliphatic rings. The van der Waals surface area contributed by atoms with E-state index < -0.39 is 0 Å². The van der Waals surface area contributed by atoms with Crippen molar-refractivity contribution in [1.82, 2.24) is 25.6 Å². The van der Waals surface area contributed by atoms with E-state index in [1.54, 1.807) is 7.11 Å². The van der Waals surface area contributed by atoms with Crippen LogP contribution in [0.2, 0.25) is 0 Å². The number of rotatable bonds is 7. The monoisotopic (exact) mass is 423 g/mol. The van der Waals surface area contributed by atoms with Gasteiger partial charge in [0.1, 0.15) is 12.4 Å². The van der Waals surface area contributed by atoms with Crippen molar-refractivity contribution in [3.63, 3.8) is 0 Å². The first-order chi connectivity index (χ1) is 15.8. The van der Waals surface area contributed by atoms with Crippen molar-refractivity contribution in [2.24, 2.45) is 0 Å². The number of methoxy groups -OCH3 is 1. The molecule has 5 aromatic rings. The molecule has 3 aromatic carbocycles. The third-order valence-corrected chi connectivity index (χ3v) is 5.20. The summed E-state index contributed by atoms with van der Waals surface area (Å²) in [5, 5.41) is 15.4. The lowest BCUT2D eigenvalue weighted by Gasteiger charge is -2.12. The van der Waals surface area contributed by atoms with Gasteiger partial charge in [-0.25, -0.2) is 0 Å². The number of hydrogen-bond donors (Lipinski definition) is 1. The molecule has 0 saturated heterocycles. The summed E-state index contributed by atoms with van der Waals surface area (Å²) in [6.45, 7) is 0.892. The van der Waals surface area contributed by atoms with Crippen molar-refractivity contribution in [2.75, 3.05) is 7.11 Å². The Bertz CT molecular complexity index is 1330. The van der Waals surface area contributed by atoms with Crippen LogP contribution in [0.4, 0.5) is 0 Å². The van der Waals surface area contributed by atoms with Crippen LogP contribution in [0.3, 0.4) is 0 Å². The molecule has 0 saturated carbocycles. The molecule has 0 unspecified atom stereocenters. The maximum atomic E-state index is 6.19. The molecule has 0 spiro atoms. The van der Waals surface area contributed by atoms with Crippen LogP contribution in [0, 0.1) is 0 Å². The summed E-state index contributed by atoms with van der Waals surface area (Å²) < 4.78 is 11.4. The van der Waals surface area contributed by atoms with Gasteiger partial charge in [0.05, 0.1) is 17.8 Å². The highest BCUT2D eigenvalue weighted by Gasteiger charge is 2.11. The smallest absolute Gasteiger partial charge is 0.205 e. The second-order valence-corrected chi connectivity index (χ2v) is 7.33. The van der Waals surface area contributed by atoms with Crippen LogP contribution in [0.1, 0.15) is 11.3 Å². The number of nitrogens with zero attached hydrogens (tertiary/aromatic N) is 4. The molecule has 0 aliphatic heterocycles. The molecule has 32 heavy (non-hydrogen) atoms. The van der Waals surface area contributed by atoms with E-state index in [9.17, 15) is 0 Å². The number of H-pyrrole nitrogens is 1. The van der Waals surface area contributed by atoms with Gasteiger partial charge < -0.3 is 9.47 Å². The van der Waals surface area contributed by atoms with Gasteiger partial charge in [0.2, 0.25) is 5.82 Å². The highest BCUT2D eigenvalue weighted by atomic mass is 16.5. The Morgan fingerprint density at radius 2 is 1.62 bits per heavy atom. The minimum atomic E-state index is 0.440. The molecule has 0 radical (unpaired) electrons. The number of aromatic nitrogens is 5. The SMILES string of the molecule is COCc1cc(OCc2ccc(-c3ccccc3-c3nn[nH]n3)cc2)c2ccccc2n1. The fourth-order valence-corrected chi connectivity index (χ4v) is 3.68. The molecule has 1 N–H and O–H groups in total. The molecule has 7 nitrogen and oxygen atoms in total. The summed E-state index contributed by atoms with van der Waals surface area (Å²) in [6.07, 6.45) is 0. The number of ether oxygens (including phenoxy) is 2. The fourth-order valence-electron chi connectivity index (χ4n) is 3.68. The number of nitrogens with one attached hydrogen (secondary N) is 1. The molecule has 0 amide bonds. The van der Waals surface area contributed by atoms with Crippen molar-refractivity contribution >= 4 is 10.9 Å². The van der Waals surface area contributed by atoms with Crippen molar-refractivity contribution in [3.8, 4) is 28.3 Å². The quantitative estimate of drug-likeness (QED) is 0.404. The van der Waals surface area contributed by atoms with E-state index in [0.717, 1.165) is 44.6 Å². The van der Waals surface area contributed by atoms with Crippen LogP contribution in [0.15, 0.2) is 78.9 Å². The van der Waals surface area contributed by atoms with E-state index >= 15 is 0 Å². The average molecular weight is 423 g/mol. The maximum absolute atomic E-state index is 6.19. The first-order valence-corrected chi connectivity index (χ1v) is 10.2. The lowest BCUT2D eigenvalue weighted by molar-refractivity contribution is 0.181. The third kappa shape index (κ3) is 4.06. The standard InChI is InChI=1S/C25H21N5O2/c1-31-16-19-14-24(22-8-4-5-9-23(22)26-19)32-15-17-10-12-18(13-11-17)20-6-2-3-7-21(20)25-27-29-30-28-25/h2-14H,15-16H2,1H3,(H,27,28,29,30). The molecule has 2 aromatic heterocycles. The number of pyridine rings is 1. The number of hydrogen-bond acceptors (Lipinski definition) is 6. The van der Waals surface area contributed by atoms with Gasteiger partial charge in [-0.1, -0.05) is 60.7 Å². The lowest BCUT2D eigenvalue weighted by Crippen LogP contribution is -2.00. The van der Waals surface area contributed by atoms with Crippen molar-refractivity contribution in [2.45, 2.75) is 13.2 Å². The lowest BCUT2D eigenvalue weighted by atomic mass is 9.98. The van der Waals surface area contributed by atoms with Gasteiger partial charge in [-0.15, -0.1) is 10.2 Å². The molecule has 0 atom stereocenters. The predicted octanol–water partition coefficient (Wildman–Crippen LogP) is 4.81. The Kier molecular flexibility index (Phi) is 5.55. The second kappa shape index (κ2) is 8.95. The Morgan fingerprint density at radius 1 is 0.844 bits per heavy atom. The summed E-state index contributed by atoms with van der Waals surface area (Å²) in [5.74, 6) is 1.37. The number of fused-ring (bicyclic) bond motifs is 1. The fraction of sp³-hybridized carbons (Fsp3) is 0.120. The van der Waals surface area contributed by atoms with Crippen molar-refractivity contribution in [3.05, 3.63) is 90.1 Å². The third-order valence-electron chi connectivity index (χ3n) is 5.20. The molecule has 0 fully saturated rings. The van der Waals surface area contributed by atoms with Crippen LogP contribution in [0.5, 0.6) is 5.75 Å². The number of para-hydroxylation sites is 1. The van der Waals surface area contributed by atoms with Gasteiger partial charge in [0, 0.05) is 24.1 Å². The van der Waals surface area contributed by atoms with Gasteiger partial charge in [-0.2, -0.15) is 5.21 Å². The molecule has 0 bridgehead atoms. The highest BCUT2D eigenvalue weighted by molar-refractivity contribution is 5.85. The second-order valence-electron chi connectivity index (χ2n) is 7.33. The van der Waals surface area contributed by atoms with Gasteiger partial charge in [-0.3, -0.25) is 4.98 Å². The Balaban J connectivity index is 1.38. The Labute approximate surface area is 185 Å². The van der Waals surface area contributed by atoms with Crippen LogP contribution >= 0.6 is 0 Å². The van der Waals surface area contributed by atoms with Crippen molar-refractivity contribution < 1.29 is 9.47 Å². The average Bonchev–Trinajstić information content (AvgIpc) is 3.38. The van der Waals surface area contributed by atoms with E-state index in [4.69, 9.17) is 9.47 Å². The zero-order valence-corrected chi connectivity index (χ0v) is 17.5. The van der Waals surface area contributed by atoms with Crippen molar-refractivity contribution in [1.29, 1.82) is 0 Å². The highest BCUT2D eigenvalue weighted by Crippen LogP contribution is 2.30. The van der Waals surface area contributed by atoms with E-state index in [0.29, 0.717) is 19.0 Å². The normalized spacial score (nSPS) is 11.0. The molecular weight excluding hydrogens is 402 g/mol. The zero-order valence-electron chi connectivity index (χ0n) is 17.5. The van der Waals surface area contributed by atoms with Crippen LogP contribution in [0.25, 0.3) is 33.4 Å². The maximum Gasteiger partial charge on any atom is 0.205 e. The molecule has 2 heterocycles. The van der Waals surface area contributed by atoms with Crippen LogP contribution in [-0.2, 0) is 18.0 Å². The molecular formula is C25H21N5O2. The summed E-state index contributed by atoms with van der Waals surface area (Å²) >= 11 is 0. The topological polar surface area (TPSA) is 85.8 Å². The number of aromatic amines is 1. The summed E-state index contributed by atoms with van der Waals surface area (Å²) in [4.78, 5) is 4.63. The Morgan fingerprint density at radius 3 is 2.41 bits per heavy atom. The molecule has 7 heteroatoms. The zero-order chi connectivity index (χ0) is 21.8. The molecule has 5 rings (SSSR count). The van der Waals surface area contributed by atoms with Gasteiger partial charge in [0.15, 0.2) is 0 Å². The minimum Gasteiger partial charge on any atom is -0.488 e. The van der Waals surface area contributed by atoms with Gasteiger partial charge in [-0.05, 0) is 34.0 Å². The number of tetrazole rings is 1. The first kappa shape index (κ1) is 19.8. The summed E-state index contributed by atoms with van der Waals surface area (Å²) in [7, 11) is 1.66. The largest absolute Gasteiger partial charge is 0.488 e. The van der Waals surface area contributed by atoms with E-state index in [2.05, 4.69) is 55.9 Å². The van der Waals surface area contributed by atoms with Crippen LogP contribution < -0.4 is 4.74 Å².